The van der Waals surface area contributed by atoms with E-state index in [1.165, 1.54) is 24.6 Å². The van der Waals surface area contributed by atoms with Gasteiger partial charge in [-0.05, 0) is 30.9 Å². The van der Waals surface area contributed by atoms with E-state index in [4.69, 9.17) is 0 Å². The molecular formula is C17H16N6O3S. The molecule has 2 aromatic heterocycles. The predicted octanol–water partition coefficient (Wildman–Crippen LogP) is 2.01. The molecule has 1 aliphatic carbocycles. The van der Waals surface area contributed by atoms with Crippen LogP contribution in [0, 0.1) is 5.92 Å². The molecule has 1 aliphatic rings. The van der Waals surface area contributed by atoms with E-state index in [0.717, 1.165) is 11.3 Å². The summed E-state index contributed by atoms with van der Waals surface area (Å²) in [5.74, 6) is 0.180. The number of amides is 1. The van der Waals surface area contributed by atoms with Crippen LogP contribution in [-0.2, 0) is 0 Å². The Bertz CT molecular complexity index is 1010. The van der Waals surface area contributed by atoms with Crippen molar-refractivity contribution in [2.24, 2.45) is 5.92 Å². The van der Waals surface area contributed by atoms with Gasteiger partial charge in [-0.15, -0.1) is 5.10 Å². The van der Waals surface area contributed by atoms with Gasteiger partial charge < -0.3 is 15.4 Å². The minimum Gasteiger partial charge on any atom is -0.493 e. The van der Waals surface area contributed by atoms with Crippen molar-refractivity contribution in [3.63, 3.8) is 0 Å². The number of nitrogens with zero attached hydrogens (tertiary/aromatic N) is 3. The first kappa shape index (κ1) is 17.3. The number of anilines is 1. The molecule has 3 aromatic rings. The summed E-state index contributed by atoms with van der Waals surface area (Å²) in [5, 5.41) is 23.1. The Hall–Kier alpha value is -3.14. The summed E-state index contributed by atoms with van der Waals surface area (Å²) in [6, 6.07) is 6.85. The van der Waals surface area contributed by atoms with Crippen LogP contribution >= 0.6 is 11.8 Å². The fourth-order valence-corrected chi connectivity index (χ4v) is 3.50. The first-order valence-electron chi connectivity index (χ1n) is 8.34. The van der Waals surface area contributed by atoms with E-state index in [9.17, 15) is 14.7 Å². The smallest absolute Gasteiger partial charge is 0.268 e. The Morgan fingerprint density at radius 3 is 2.70 bits per heavy atom. The lowest BCUT2D eigenvalue weighted by Gasteiger charge is -2.07. The SMILES string of the molecule is O=C(Nc1ccc(-c2c[nH]nn2)cc1)c1c(O)nc(SCC2CC2)[nH]c1=O. The molecule has 1 saturated carbocycles. The highest BCUT2D eigenvalue weighted by atomic mass is 32.2. The van der Waals surface area contributed by atoms with E-state index in [2.05, 4.69) is 30.7 Å². The molecule has 10 heteroatoms. The Morgan fingerprint density at radius 1 is 1.30 bits per heavy atom. The quantitative estimate of drug-likeness (QED) is 0.377. The first-order valence-corrected chi connectivity index (χ1v) is 9.33. The van der Waals surface area contributed by atoms with Crippen LogP contribution in [0.3, 0.4) is 0 Å². The molecule has 0 radical (unpaired) electrons. The number of carbonyl (C=O) groups is 1. The highest BCUT2D eigenvalue weighted by Gasteiger charge is 2.23. The summed E-state index contributed by atoms with van der Waals surface area (Å²) < 4.78 is 0. The summed E-state index contributed by atoms with van der Waals surface area (Å²) in [6.07, 6.45) is 4.01. The largest absolute Gasteiger partial charge is 0.493 e. The van der Waals surface area contributed by atoms with Gasteiger partial charge in [0.2, 0.25) is 5.88 Å². The number of hydrogen-bond donors (Lipinski definition) is 4. The Kier molecular flexibility index (Phi) is 4.63. The van der Waals surface area contributed by atoms with E-state index in [1.807, 2.05) is 0 Å². The van der Waals surface area contributed by atoms with Crippen LogP contribution < -0.4 is 10.9 Å². The molecule has 2 heterocycles. The minimum atomic E-state index is -0.728. The fraction of sp³-hybridized carbons (Fsp3) is 0.235. The second-order valence-electron chi connectivity index (χ2n) is 6.21. The number of thioether (sulfide) groups is 1. The average molecular weight is 384 g/mol. The van der Waals surface area contributed by atoms with Crippen LogP contribution in [0.1, 0.15) is 23.2 Å². The Morgan fingerprint density at radius 2 is 2.07 bits per heavy atom. The maximum absolute atomic E-state index is 12.4. The summed E-state index contributed by atoms with van der Waals surface area (Å²) in [7, 11) is 0. The van der Waals surface area contributed by atoms with Gasteiger partial charge in [0, 0.05) is 23.2 Å². The molecule has 4 rings (SSSR count). The zero-order valence-electron chi connectivity index (χ0n) is 14.1. The van der Waals surface area contributed by atoms with Gasteiger partial charge in [-0.3, -0.25) is 14.7 Å². The second kappa shape index (κ2) is 7.23. The molecule has 0 bridgehead atoms. The van der Waals surface area contributed by atoms with Gasteiger partial charge in [0.25, 0.3) is 11.5 Å². The molecule has 4 N–H and O–H groups in total. The van der Waals surface area contributed by atoms with Gasteiger partial charge in [-0.1, -0.05) is 29.1 Å². The third kappa shape index (κ3) is 4.00. The molecule has 0 atom stereocenters. The fourth-order valence-electron chi connectivity index (χ4n) is 2.46. The number of carbonyl (C=O) groups excluding carboxylic acids is 1. The number of benzene rings is 1. The third-order valence-electron chi connectivity index (χ3n) is 4.11. The van der Waals surface area contributed by atoms with Crippen molar-refractivity contribution < 1.29 is 9.90 Å². The minimum absolute atomic E-state index is 0.318. The van der Waals surface area contributed by atoms with E-state index in [1.54, 1.807) is 30.5 Å². The molecule has 27 heavy (non-hydrogen) atoms. The van der Waals surface area contributed by atoms with Crippen LogP contribution in [0.15, 0.2) is 40.4 Å². The molecule has 138 valence electrons. The number of rotatable bonds is 6. The normalized spacial score (nSPS) is 13.5. The van der Waals surface area contributed by atoms with Gasteiger partial charge in [-0.25, -0.2) is 0 Å². The van der Waals surface area contributed by atoms with Gasteiger partial charge in [0.05, 0.1) is 0 Å². The van der Waals surface area contributed by atoms with E-state index in [-0.39, 0.29) is 0 Å². The lowest BCUT2D eigenvalue weighted by Crippen LogP contribution is -2.24. The first-order chi connectivity index (χ1) is 13.1. The number of hydrogen-bond acceptors (Lipinski definition) is 7. The van der Waals surface area contributed by atoms with Crippen LogP contribution in [0.4, 0.5) is 5.69 Å². The maximum Gasteiger partial charge on any atom is 0.268 e. The van der Waals surface area contributed by atoms with Crippen molar-refractivity contribution >= 4 is 23.4 Å². The predicted molar refractivity (Wildman–Crippen MR) is 99.7 cm³/mol. The molecule has 0 saturated heterocycles. The van der Waals surface area contributed by atoms with E-state index in [0.29, 0.717) is 22.5 Å². The van der Waals surface area contributed by atoms with Crippen LogP contribution in [0.25, 0.3) is 11.3 Å². The van der Waals surface area contributed by atoms with Crippen molar-refractivity contribution in [1.82, 2.24) is 25.4 Å². The third-order valence-corrected chi connectivity index (χ3v) is 5.22. The van der Waals surface area contributed by atoms with Crippen molar-refractivity contribution in [2.75, 3.05) is 11.1 Å². The van der Waals surface area contributed by atoms with Crippen molar-refractivity contribution in [3.05, 3.63) is 46.4 Å². The maximum atomic E-state index is 12.4. The van der Waals surface area contributed by atoms with Crippen molar-refractivity contribution in [2.45, 2.75) is 18.0 Å². The molecule has 1 fully saturated rings. The summed E-state index contributed by atoms with van der Waals surface area (Å²) >= 11 is 1.37. The van der Waals surface area contributed by atoms with Crippen molar-refractivity contribution in [3.8, 4) is 17.1 Å². The molecule has 0 unspecified atom stereocenters. The van der Waals surface area contributed by atoms with Gasteiger partial charge in [0.15, 0.2) is 10.7 Å². The number of nitrogens with one attached hydrogen (secondary N) is 3. The number of H-pyrrole nitrogens is 2. The Balaban J connectivity index is 1.48. The van der Waals surface area contributed by atoms with E-state index < -0.39 is 22.9 Å². The zero-order valence-corrected chi connectivity index (χ0v) is 14.9. The summed E-state index contributed by atoms with van der Waals surface area (Å²) in [6.45, 7) is 0. The molecular weight excluding hydrogens is 368 g/mol. The van der Waals surface area contributed by atoms with E-state index >= 15 is 0 Å². The molecule has 9 nitrogen and oxygen atoms in total. The number of aromatic amines is 2. The molecule has 1 amide bonds. The second-order valence-corrected chi connectivity index (χ2v) is 7.22. The summed E-state index contributed by atoms with van der Waals surface area (Å²) in [4.78, 5) is 31.1. The lowest BCUT2D eigenvalue weighted by atomic mass is 10.1. The molecule has 0 aliphatic heterocycles. The lowest BCUT2D eigenvalue weighted by molar-refractivity contribution is 0.102. The highest BCUT2D eigenvalue weighted by molar-refractivity contribution is 7.99. The molecule has 0 spiro atoms. The number of aromatic hydroxyl groups is 1. The van der Waals surface area contributed by atoms with Gasteiger partial charge in [0.1, 0.15) is 5.69 Å². The topological polar surface area (TPSA) is 137 Å². The van der Waals surface area contributed by atoms with Gasteiger partial charge >= 0.3 is 0 Å². The van der Waals surface area contributed by atoms with Crippen LogP contribution in [0.2, 0.25) is 0 Å². The number of aromatic nitrogens is 5. The monoisotopic (exact) mass is 384 g/mol. The highest BCUT2D eigenvalue weighted by Crippen LogP contribution is 2.34. The standard InChI is InChI=1S/C17H16N6O3S/c24-14(19-11-5-3-10(4-6-11)12-7-18-23-22-12)13-15(25)20-17(21-16(13)26)27-8-9-1-2-9/h3-7,9H,1-2,8H2,(H,19,24)(H,18,22,23)(H2,20,21,25,26). The average Bonchev–Trinajstić information content (AvgIpc) is 3.31. The van der Waals surface area contributed by atoms with Crippen LogP contribution in [0.5, 0.6) is 5.88 Å². The molecule has 1 aromatic carbocycles. The van der Waals surface area contributed by atoms with Crippen LogP contribution in [-0.4, -0.2) is 42.1 Å². The summed E-state index contributed by atoms with van der Waals surface area (Å²) in [5.41, 5.74) is 0.883. The Labute approximate surface area is 157 Å². The van der Waals surface area contributed by atoms with Gasteiger partial charge in [-0.2, -0.15) is 4.98 Å². The van der Waals surface area contributed by atoms with Crippen molar-refractivity contribution in [1.29, 1.82) is 0 Å². The zero-order chi connectivity index (χ0) is 18.8.